The Hall–Kier alpha value is -0.180. The summed E-state index contributed by atoms with van der Waals surface area (Å²) < 4.78 is 6.87. The second-order valence-corrected chi connectivity index (χ2v) is 5.44. The van der Waals surface area contributed by atoms with E-state index in [1.165, 1.54) is 0 Å². The van der Waals surface area contributed by atoms with Gasteiger partial charge >= 0.3 is 0 Å². The average molecular weight is 413 g/mol. The van der Waals surface area contributed by atoms with E-state index in [9.17, 15) is 4.79 Å². The van der Waals surface area contributed by atoms with Gasteiger partial charge in [-0.25, -0.2) is 0 Å². The molecule has 6 heteroatoms. The molecule has 4 nitrogen and oxygen atoms in total. The lowest BCUT2D eigenvalue weighted by molar-refractivity contribution is -0.115. The van der Waals surface area contributed by atoms with Gasteiger partial charge in [-0.2, -0.15) is 0 Å². The molecule has 0 aliphatic carbocycles. The Balaban J connectivity index is 2.40. The summed E-state index contributed by atoms with van der Waals surface area (Å²) in [7, 11) is 1.63. The molecule has 0 unspecified atom stereocenters. The largest absolute Gasteiger partial charge is 0.383 e. The van der Waals surface area contributed by atoms with E-state index in [0.717, 1.165) is 13.7 Å². The fraction of sp³-hybridized carbons (Fsp3) is 0.364. The van der Waals surface area contributed by atoms with Crippen LogP contribution in [0.5, 0.6) is 0 Å². The number of carbonyl (C=O) groups is 1. The van der Waals surface area contributed by atoms with Crippen LogP contribution in [-0.2, 0) is 9.53 Å². The zero-order valence-corrected chi connectivity index (χ0v) is 13.2. The molecule has 0 atom stereocenters. The van der Waals surface area contributed by atoms with Crippen molar-refractivity contribution in [3.8, 4) is 0 Å². The van der Waals surface area contributed by atoms with Crippen LogP contribution in [0.4, 0.5) is 5.69 Å². The van der Waals surface area contributed by atoms with Crippen molar-refractivity contribution in [3.63, 3.8) is 0 Å². The summed E-state index contributed by atoms with van der Waals surface area (Å²) in [6.45, 7) is 1.54. The fourth-order valence-corrected chi connectivity index (χ4v) is 2.56. The number of nitrogens with one attached hydrogen (secondary N) is 2. The molecule has 1 rings (SSSR count). The molecule has 0 saturated carbocycles. The van der Waals surface area contributed by atoms with Crippen molar-refractivity contribution in [1.82, 2.24) is 5.32 Å². The van der Waals surface area contributed by atoms with Crippen LogP contribution in [0.15, 0.2) is 22.7 Å². The van der Waals surface area contributed by atoms with Crippen molar-refractivity contribution in [3.05, 3.63) is 26.2 Å². The predicted molar refractivity (Wildman–Crippen MR) is 80.2 cm³/mol. The molecule has 94 valence electrons. The van der Waals surface area contributed by atoms with Crippen LogP contribution >= 0.6 is 38.5 Å². The molecule has 0 fully saturated rings. The molecule has 17 heavy (non-hydrogen) atoms. The van der Waals surface area contributed by atoms with Gasteiger partial charge in [0.25, 0.3) is 0 Å². The number of anilines is 1. The molecule has 0 bridgehead atoms. The van der Waals surface area contributed by atoms with Crippen molar-refractivity contribution >= 4 is 50.1 Å². The van der Waals surface area contributed by atoms with E-state index in [-0.39, 0.29) is 12.5 Å². The highest BCUT2D eigenvalue weighted by Crippen LogP contribution is 2.24. The van der Waals surface area contributed by atoms with Crippen molar-refractivity contribution in [2.75, 3.05) is 32.1 Å². The molecule has 0 spiro atoms. The lowest BCUT2D eigenvalue weighted by Crippen LogP contribution is -2.30. The van der Waals surface area contributed by atoms with Gasteiger partial charge in [0.2, 0.25) is 5.91 Å². The molecule has 0 aliphatic heterocycles. The molecule has 0 radical (unpaired) electrons. The summed E-state index contributed by atoms with van der Waals surface area (Å²) in [5.41, 5.74) is 0.781. The van der Waals surface area contributed by atoms with Crippen LogP contribution in [0.25, 0.3) is 0 Å². The molecule has 1 amide bonds. The van der Waals surface area contributed by atoms with Crippen molar-refractivity contribution in [2.24, 2.45) is 0 Å². The van der Waals surface area contributed by atoms with Gasteiger partial charge in [0, 0.05) is 21.7 Å². The van der Waals surface area contributed by atoms with E-state index < -0.39 is 0 Å². The second-order valence-electron chi connectivity index (χ2n) is 3.34. The summed E-state index contributed by atoms with van der Waals surface area (Å²) in [5.74, 6) is -0.0667. The molecule has 2 N–H and O–H groups in total. The molecular weight excluding hydrogens is 399 g/mol. The van der Waals surface area contributed by atoms with Crippen LogP contribution in [0, 0.1) is 3.57 Å². The highest BCUT2D eigenvalue weighted by atomic mass is 127. The number of methoxy groups -OCH3 is 1. The standard InChI is InChI=1S/C11H14BrIN2O2/c1-17-5-4-14-7-11(16)15-10-3-2-8(13)6-9(10)12/h2-3,6,14H,4-5,7H2,1H3,(H,15,16). The molecule has 1 aromatic rings. The maximum atomic E-state index is 11.6. The summed E-state index contributed by atoms with van der Waals surface area (Å²) >= 11 is 5.63. The molecular formula is C11H14BrIN2O2. The smallest absolute Gasteiger partial charge is 0.238 e. The number of ether oxygens (including phenoxy) is 1. The zero-order valence-electron chi connectivity index (χ0n) is 9.43. The Bertz CT molecular complexity index is 388. The highest BCUT2D eigenvalue weighted by Gasteiger charge is 2.05. The monoisotopic (exact) mass is 412 g/mol. The number of benzene rings is 1. The van der Waals surface area contributed by atoms with Gasteiger partial charge < -0.3 is 15.4 Å². The third-order valence-electron chi connectivity index (χ3n) is 1.97. The summed E-state index contributed by atoms with van der Waals surface area (Å²) in [6.07, 6.45) is 0. The third-order valence-corrected chi connectivity index (χ3v) is 3.30. The summed E-state index contributed by atoms with van der Waals surface area (Å²) in [4.78, 5) is 11.6. The van der Waals surface area contributed by atoms with E-state index in [0.29, 0.717) is 13.2 Å². The minimum Gasteiger partial charge on any atom is -0.383 e. The van der Waals surface area contributed by atoms with Gasteiger partial charge in [0.05, 0.1) is 18.8 Å². The van der Waals surface area contributed by atoms with E-state index in [1.807, 2.05) is 18.2 Å². The second kappa shape index (κ2) is 8.02. The van der Waals surface area contributed by atoms with Crippen LogP contribution < -0.4 is 10.6 Å². The highest BCUT2D eigenvalue weighted by molar-refractivity contribution is 14.1. The van der Waals surface area contributed by atoms with E-state index in [2.05, 4.69) is 49.2 Å². The first-order valence-corrected chi connectivity index (χ1v) is 6.95. The first-order chi connectivity index (χ1) is 8.13. The lowest BCUT2D eigenvalue weighted by atomic mass is 10.3. The number of carbonyl (C=O) groups excluding carboxylic acids is 1. The Kier molecular flexibility index (Phi) is 7.02. The molecule has 0 aromatic heterocycles. The maximum absolute atomic E-state index is 11.6. The molecule has 0 saturated heterocycles. The number of halogens is 2. The third kappa shape index (κ3) is 5.80. The van der Waals surface area contributed by atoms with Gasteiger partial charge in [-0.15, -0.1) is 0 Å². The van der Waals surface area contributed by atoms with Crippen molar-refractivity contribution in [1.29, 1.82) is 0 Å². The van der Waals surface area contributed by atoms with Crippen LogP contribution in [0.1, 0.15) is 0 Å². The van der Waals surface area contributed by atoms with Crippen LogP contribution in [0.2, 0.25) is 0 Å². The van der Waals surface area contributed by atoms with Gasteiger partial charge in [-0.3, -0.25) is 4.79 Å². The normalized spacial score (nSPS) is 10.3. The number of rotatable bonds is 6. The SMILES string of the molecule is COCCNCC(=O)Nc1ccc(I)cc1Br. The average Bonchev–Trinajstić information content (AvgIpc) is 2.28. The number of amides is 1. The van der Waals surface area contributed by atoms with Gasteiger partial charge in [-0.05, 0) is 56.7 Å². The van der Waals surface area contributed by atoms with Crippen LogP contribution in [0.3, 0.4) is 0 Å². The molecule has 1 aromatic carbocycles. The number of hydrogen-bond donors (Lipinski definition) is 2. The molecule has 0 aliphatic rings. The molecule has 0 heterocycles. The summed E-state index contributed by atoms with van der Waals surface area (Å²) in [6, 6.07) is 5.77. The van der Waals surface area contributed by atoms with E-state index in [4.69, 9.17) is 4.74 Å². The Morgan fingerprint density at radius 2 is 2.29 bits per heavy atom. The lowest BCUT2D eigenvalue weighted by Gasteiger charge is -2.08. The summed E-state index contributed by atoms with van der Waals surface area (Å²) in [5, 5.41) is 5.81. The first-order valence-electron chi connectivity index (χ1n) is 5.08. The fourth-order valence-electron chi connectivity index (χ4n) is 1.16. The quantitative estimate of drug-likeness (QED) is 0.556. The van der Waals surface area contributed by atoms with Gasteiger partial charge in [-0.1, -0.05) is 0 Å². The van der Waals surface area contributed by atoms with Crippen LogP contribution in [-0.4, -0.2) is 32.7 Å². The first kappa shape index (κ1) is 14.9. The number of hydrogen-bond acceptors (Lipinski definition) is 3. The predicted octanol–water partition coefficient (Wildman–Crippen LogP) is 2.23. The van der Waals surface area contributed by atoms with Gasteiger partial charge in [0.1, 0.15) is 0 Å². The minimum atomic E-state index is -0.0667. The van der Waals surface area contributed by atoms with Gasteiger partial charge in [0.15, 0.2) is 0 Å². The van der Waals surface area contributed by atoms with E-state index in [1.54, 1.807) is 7.11 Å². The zero-order chi connectivity index (χ0) is 12.7. The Labute approximate surface area is 123 Å². The maximum Gasteiger partial charge on any atom is 0.238 e. The van der Waals surface area contributed by atoms with Crippen molar-refractivity contribution < 1.29 is 9.53 Å². The topological polar surface area (TPSA) is 50.4 Å². The van der Waals surface area contributed by atoms with E-state index >= 15 is 0 Å². The Morgan fingerprint density at radius 1 is 1.53 bits per heavy atom. The van der Waals surface area contributed by atoms with Crippen molar-refractivity contribution in [2.45, 2.75) is 0 Å². The minimum absolute atomic E-state index is 0.0667. The Morgan fingerprint density at radius 3 is 2.94 bits per heavy atom.